The quantitative estimate of drug-likeness (QED) is 0.814. The highest BCUT2D eigenvalue weighted by molar-refractivity contribution is 7.13. The van der Waals surface area contributed by atoms with E-state index < -0.39 is 0 Å². The van der Waals surface area contributed by atoms with Gasteiger partial charge in [0.2, 0.25) is 5.91 Å². The molecule has 1 saturated heterocycles. The summed E-state index contributed by atoms with van der Waals surface area (Å²) in [7, 11) is 0. The number of aromatic nitrogens is 1. The Morgan fingerprint density at radius 3 is 3.32 bits per heavy atom. The molecule has 104 valence electrons. The highest BCUT2D eigenvalue weighted by Crippen LogP contribution is 2.24. The summed E-state index contributed by atoms with van der Waals surface area (Å²) in [4.78, 5) is 18.3. The van der Waals surface area contributed by atoms with Gasteiger partial charge in [-0.15, -0.1) is 17.9 Å². The molecule has 1 aliphatic rings. The molecular weight excluding hydrogens is 258 g/mol. The smallest absolute Gasteiger partial charge is 0.220 e. The van der Waals surface area contributed by atoms with Crippen molar-refractivity contribution in [3.8, 4) is 0 Å². The maximum atomic E-state index is 11.6. The van der Waals surface area contributed by atoms with Crippen LogP contribution in [0.4, 0.5) is 5.13 Å². The number of carbonyl (C=O) groups excluding carboxylic acids is 1. The number of nitrogens with one attached hydrogen (secondary N) is 1. The van der Waals surface area contributed by atoms with Gasteiger partial charge in [0.05, 0.1) is 0 Å². The average molecular weight is 279 g/mol. The second-order valence-electron chi connectivity index (χ2n) is 4.90. The molecule has 1 fully saturated rings. The molecule has 4 nitrogen and oxygen atoms in total. The lowest BCUT2D eigenvalue weighted by atomic mass is 9.98. The minimum Gasteiger partial charge on any atom is -0.356 e. The van der Waals surface area contributed by atoms with Gasteiger partial charge in [-0.1, -0.05) is 6.08 Å². The van der Waals surface area contributed by atoms with E-state index in [9.17, 15) is 4.79 Å². The monoisotopic (exact) mass is 279 g/mol. The van der Waals surface area contributed by atoms with Crippen LogP contribution in [0.25, 0.3) is 0 Å². The van der Waals surface area contributed by atoms with E-state index in [0.29, 0.717) is 12.3 Å². The summed E-state index contributed by atoms with van der Waals surface area (Å²) in [6.45, 7) is 6.48. The van der Waals surface area contributed by atoms with Gasteiger partial charge in [-0.05, 0) is 25.2 Å². The fourth-order valence-electron chi connectivity index (χ4n) is 2.36. The zero-order valence-corrected chi connectivity index (χ0v) is 12.0. The number of nitrogens with zero attached hydrogens (tertiary/aromatic N) is 2. The van der Waals surface area contributed by atoms with Gasteiger partial charge in [0.15, 0.2) is 5.13 Å². The third kappa shape index (κ3) is 4.35. The zero-order valence-electron chi connectivity index (χ0n) is 11.2. The number of anilines is 1. The minimum atomic E-state index is 0.131. The van der Waals surface area contributed by atoms with Crippen molar-refractivity contribution in [2.24, 2.45) is 5.92 Å². The van der Waals surface area contributed by atoms with Gasteiger partial charge in [-0.3, -0.25) is 4.79 Å². The van der Waals surface area contributed by atoms with Gasteiger partial charge in [0, 0.05) is 37.6 Å². The van der Waals surface area contributed by atoms with Crippen LogP contribution >= 0.6 is 11.3 Å². The van der Waals surface area contributed by atoms with Crippen LogP contribution in [0.5, 0.6) is 0 Å². The second kappa shape index (κ2) is 7.28. The Morgan fingerprint density at radius 1 is 1.68 bits per heavy atom. The topological polar surface area (TPSA) is 45.2 Å². The Balaban J connectivity index is 1.75. The van der Waals surface area contributed by atoms with E-state index in [-0.39, 0.29) is 5.91 Å². The van der Waals surface area contributed by atoms with Gasteiger partial charge >= 0.3 is 0 Å². The Bertz CT molecular complexity index is 405. The summed E-state index contributed by atoms with van der Waals surface area (Å²) in [5.74, 6) is 0.664. The van der Waals surface area contributed by atoms with Crippen LogP contribution in [-0.2, 0) is 4.79 Å². The standard InChI is InChI=1S/C14H21N3OS/c1-2-3-6-13(18)16-10-12-5-4-8-17(11-12)14-15-7-9-19-14/h2,7,9,12H,1,3-6,8,10-11H2,(H,16,18). The minimum absolute atomic E-state index is 0.131. The van der Waals surface area contributed by atoms with Crippen LogP contribution in [0.1, 0.15) is 25.7 Å². The number of rotatable bonds is 6. The highest BCUT2D eigenvalue weighted by atomic mass is 32.1. The normalized spacial score (nSPS) is 19.2. The molecule has 1 atom stereocenters. The lowest BCUT2D eigenvalue weighted by Gasteiger charge is -2.32. The predicted octanol–water partition coefficient (Wildman–Crippen LogP) is 2.44. The summed E-state index contributed by atoms with van der Waals surface area (Å²) < 4.78 is 0. The van der Waals surface area contributed by atoms with Crippen molar-refractivity contribution in [1.82, 2.24) is 10.3 Å². The third-order valence-electron chi connectivity index (χ3n) is 3.37. The van der Waals surface area contributed by atoms with E-state index in [0.717, 1.165) is 31.2 Å². The van der Waals surface area contributed by atoms with Gasteiger partial charge in [-0.2, -0.15) is 0 Å². The molecule has 0 spiro atoms. The lowest BCUT2D eigenvalue weighted by molar-refractivity contribution is -0.121. The molecule has 1 N–H and O–H groups in total. The number of hydrogen-bond acceptors (Lipinski definition) is 4. The highest BCUT2D eigenvalue weighted by Gasteiger charge is 2.21. The second-order valence-corrected chi connectivity index (χ2v) is 5.77. The van der Waals surface area contributed by atoms with Crippen LogP contribution in [0.15, 0.2) is 24.2 Å². The first-order chi connectivity index (χ1) is 9.29. The average Bonchev–Trinajstić information content (AvgIpc) is 2.97. The molecule has 0 aromatic carbocycles. The number of thiazole rings is 1. The predicted molar refractivity (Wildman–Crippen MR) is 79.5 cm³/mol. The molecule has 1 unspecified atom stereocenters. The summed E-state index contributed by atoms with van der Waals surface area (Å²) in [5.41, 5.74) is 0. The maximum Gasteiger partial charge on any atom is 0.220 e. The Kier molecular flexibility index (Phi) is 5.39. The number of amides is 1. The molecule has 0 radical (unpaired) electrons. The Hall–Kier alpha value is -1.36. The van der Waals surface area contributed by atoms with Gasteiger partial charge in [-0.25, -0.2) is 4.98 Å². The Labute approximate surface area is 118 Å². The summed E-state index contributed by atoms with van der Waals surface area (Å²) in [6.07, 6.45) is 7.29. The van der Waals surface area contributed by atoms with E-state index in [2.05, 4.69) is 21.8 Å². The number of hydrogen-bond donors (Lipinski definition) is 1. The van der Waals surface area contributed by atoms with E-state index in [1.54, 1.807) is 17.4 Å². The lowest BCUT2D eigenvalue weighted by Crippen LogP contribution is -2.40. The van der Waals surface area contributed by atoms with Crippen LogP contribution in [0.3, 0.4) is 0 Å². The van der Waals surface area contributed by atoms with Crippen molar-refractivity contribution in [2.45, 2.75) is 25.7 Å². The molecular formula is C14H21N3OS. The molecule has 0 saturated carbocycles. The molecule has 2 heterocycles. The van der Waals surface area contributed by atoms with Gasteiger partial charge < -0.3 is 10.2 Å². The van der Waals surface area contributed by atoms with Crippen LogP contribution in [0.2, 0.25) is 0 Å². The van der Waals surface area contributed by atoms with Gasteiger partial charge in [0.25, 0.3) is 0 Å². The molecule has 1 aromatic heterocycles. The van der Waals surface area contributed by atoms with E-state index in [1.807, 2.05) is 11.6 Å². The van der Waals surface area contributed by atoms with Gasteiger partial charge in [0.1, 0.15) is 0 Å². The van der Waals surface area contributed by atoms with E-state index in [4.69, 9.17) is 0 Å². The number of piperidine rings is 1. The molecule has 0 aliphatic carbocycles. The summed E-state index contributed by atoms with van der Waals surface area (Å²) in [5, 5.41) is 6.13. The van der Waals surface area contributed by atoms with E-state index in [1.165, 1.54) is 12.8 Å². The first-order valence-corrected chi connectivity index (χ1v) is 7.69. The fourth-order valence-corrected chi connectivity index (χ4v) is 3.04. The van der Waals surface area contributed by atoms with E-state index >= 15 is 0 Å². The molecule has 19 heavy (non-hydrogen) atoms. The van der Waals surface area contributed by atoms with Crippen molar-refractivity contribution >= 4 is 22.4 Å². The van der Waals surface area contributed by atoms with Crippen LogP contribution < -0.4 is 10.2 Å². The van der Waals surface area contributed by atoms with Crippen molar-refractivity contribution in [3.05, 3.63) is 24.2 Å². The Morgan fingerprint density at radius 2 is 2.58 bits per heavy atom. The first kappa shape index (κ1) is 14.1. The number of allylic oxidation sites excluding steroid dienone is 1. The molecule has 1 aromatic rings. The zero-order chi connectivity index (χ0) is 13.5. The fraction of sp³-hybridized carbons (Fsp3) is 0.571. The van der Waals surface area contributed by atoms with Crippen molar-refractivity contribution < 1.29 is 4.79 Å². The molecule has 0 bridgehead atoms. The largest absolute Gasteiger partial charge is 0.356 e. The third-order valence-corrected chi connectivity index (χ3v) is 4.20. The van der Waals surface area contributed by atoms with Crippen molar-refractivity contribution in [3.63, 3.8) is 0 Å². The summed E-state index contributed by atoms with van der Waals surface area (Å²) >= 11 is 1.68. The van der Waals surface area contributed by atoms with Crippen molar-refractivity contribution in [2.75, 3.05) is 24.5 Å². The summed E-state index contributed by atoms with van der Waals surface area (Å²) in [6, 6.07) is 0. The molecule has 1 amide bonds. The SMILES string of the molecule is C=CCCC(=O)NCC1CCCN(c2nccs2)C1. The maximum absolute atomic E-state index is 11.6. The molecule has 1 aliphatic heterocycles. The molecule has 2 rings (SSSR count). The van der Waals surface area contributed by atoms with Crippen molar-refractivity contribution in [1.29, 1.82) is 0 Å². The molecule has 5 heteroatoms. The number of carbonyl (C=O) groups is 1. The van der Waals surface area contributed by atoms with Crippen LogP contribution in [-0.4, -0.2) is 30.5 Å². The first-order valence-electron chi connectivity index (χ1n) is 6.81. The van der Waals surface area contributed by atoms with Crippen LogP contribution in [0, 0.1) is 5.92 Å².